The van der Waals surface area contributed by atoms with E-state index in [4.69, 9.17) is 0 Å². The highest BCUT2D eigenvalue weighted by Crippen LogP contribution is 2.56. The highest BCUT2D eigenvalue weighted by molar-refractivity contribution is 5.96. The zero-order valence-corrected chi connectivity index (χ0v) is 17.0. The van der Waals surface area contributed by atoms with E-state index < -0.39 is 60.0 Å². The first-order valence-corrected chi connectivity index (χ1v) is 8.55. The predicted octanol–water partition coefficient (Wildman–Crippen LogP) is 6.81. The van der Waals surface area contributed by atoms with E-state index in [0.717, 1.165) is 17.4 Å². The number of benzene rings is 1. The molecular formula is C16H8F17NO3. The number of amides is 1. The molecule has 1 rings (SSSR count). The zero-order valence-electron chi connectivity index (χ0n) is 17.0. The van der Waals surface area contributed by atoms with Gasteiger partial charge in [0, 0.05) is 5.69 Å². The van der Waals surface area contributed by atoms with Crippen LogP contribution in [0.3, 0.4) is 0 Å². The molecule has 37 heavy (non-hydrogen) atoms. The Morgan fingerprint density at radius 3 is 1.41 bits per heavy atom. The minimum absolute atomic E-state index is 0.323. The molecular weight excluding hydrogens is 577 g/mol. The molecule has 1 aromatic rings. The molecule has 214 valence electrons. The van der Waals surface area contributed by atoms with Crippen LogP contribution in [0.4, 0.5) is 80.3 Å². The van der Waals surface area contributed by atoms with Gasteiger partial charge in [-0.25, -0.2) is 0 Å². The molecule has 21 heteroatoms. The predicted molar refractivity (Wildman–Crippen MR) is 82.7 cm³/mol. The molecule has 0 heterocycles. The Kier molecular flexibility index (Phi) is 8.17. The molecule has 1 amide bonds. The molecule has 0 aliphatic carbocycles. The number of halogens is 17. The lowest BCUT2D eigenvalue weighted by Crippen LogP contribution is -2.68. The standard InChI is InChI=1S/C16H8F17NO3/c1-6-2-4-7(5-3-6)34-8(35)9(17,12(21,22)23)36-16(32,33)11(20,14(27,28)29)37-15(30,31)10(18,19)13(24,25)26/h2-5H,1H3,(H,34,35)/t9-,11-/m0/s1. The second kappa shape index (κ2) is 9.31. The number of aryl methyl sites for hydroxylation is 1. The molecule has 0 aliphatic rings. The SMILES string of the molecule is Cc1ccc(NC(=O)[C@](F)(OC(F)(F)[C@@](F)(OC(F)(F)C(F)(F)C(F)(F)F)C(F)(F)F)C(F)(F)F)cc1. The largest absolute Gasteiger partial charge is 0.462 e. The molecule has 0 saturated carbocycles. The van der Waals surface area contributed by atoms with Crippen LogP contribution in [0.25, 0.3) is 0 Å². The molecule has 0 fully saturated rings. The van der Waals surface area contributed by atoms with Crippen LogP contribution < -0.4 is 5.32 Å². The second-order valence-corrected chi connectivity index (χ2v) is 6.82. The van der Waals surface area contributed by atoms with E-state index in [1.54, 1.807) is 0 Å². The number of nitrogens with one attached hydrogen (secondary N) is 1. The third kappa shape index (κ3) is 5.96. The quantitative estimate of drug-likeness (QED) is 0.342. The Bertz CT molecular complexity index is 969. The van der Waals surface area contributed by atoms with E-state index in [1.807, 2.05) is 4.74 Å². The Balaban J connectivity index is 3.61. The van der Waals surface area contributed by atoms with Gasteiger partial charge in [0.1, 0.15) is 0 Å². The van der Waals surface area contributed by atoms with Crippen molar-refractivity contribution < 1.29 is 88.9 Å². The van der Waals surface area contributed by atoms with Gasteiger partial charge in [0.2, 0.25) is 0 Å². The van der Waals surface area contributed by atoms with Crippen LogP contribution in [0.1, 0.15) is 5.56 Å². The van der Waals surface area contributed by atoms with Crippen molar-refractivity contribution in [3.63, 3.8) is 0 Å². The number of rotatable bonds is 8. The minimum Gasteiger partial charge on any atom is -0.321 e. The summed E-state index contributed by atoms with van der Waals surface area (Å²) in [5, 5.41) is 0.868. The fourth-order valence-corrected chi connectivity index (χ4v) is 2.01. The first-order chi connectivity index (χ1) is 16.1. The lowest BCUT2D eigenvalue weighted by molar-refractivity contribution is -0.548. The highest BCUT2D eigenvalue weighted by atomic mass is 19.4. The Hall–Kier alpha value is -2.58. The molecule has 0 saturated heterocycles. The average Bonchev–Trinajstić information content (AvgIpc) is 2.66. The molecule has 4 nitrogen and oxygen atoms in total. The van der Waals surface area contributed by atoms with Crippen molar-refractivity contribution in [2.75, 3.05) is 5.32 Å². The number of alkyl halides is 17. The first-order valence-electron chi connectivity index (χ1n) is 8.55. The lowest BCUT2D eigenvalue weighted by Gasteiger charge is -2.40. The van der Waals surface area contributed by atoms with Gasteiger partial charge >= 0.3 is 48.4 Å². The van der Waals surface area contributed by atoms with Crippen LogP contribution in [0.15, 0.2) is 24.3 Å². The van der Waals surface area contributed by atoms with E-state index in [1.165, 1.54) is 11.7 Å². The van der Waals surface area contributed by atoms with Crippen LogP contribution in [0.2, 0.25) is 0 Å². The molecule has 0 aromatic heterocycles. The van der Waals surface area contributed by atoms with Crippen molar-refractivity contribution in [1.82, 2.24) is 0 Å². The van der Waals surface area contributed by atoms with Crippen LogP contribution in [0, 0.1) is 6.92 Å². The third-order valence-corrected chi connectivity index (χ3v) is 3.96. The normalized spacial score (nSPS) is 17.7. The van der Waals surface area contributed by atoms with Crippen molar-refractivity contribution in [3.8, 4) is 0 Å². The van der Waals surface area contributed by atoms with Gasteiger partial charge in [0.25, 0.3) is 5.91 Å². The average molecular weight is 585 g/mol. The number of hydrogen-bond donors (Lipinski definition) is 1. The maximum atomic E-state index is 14.4. The summed E-state index contributed by atoms with van der Waals surface area (Å²) < 4.78 is 226. The Labute approximate surface area is 192 Å². The van der Waals surface area contributed by atoms with E-state index in [9.17, 15) is 79.4 Å². The van der Waals surface area contributed by atoms with E-state index in [0.29, 0.717) is 17.7 Å². The third-order valence-electron chi connectivity index (χ3n) is 3.96. The molecule has 0 unspecified atom stereocenters. The zero-order chi connectivity index (χ0) is 29.7. The maximum absolute atomic E-state index is 14.4. The summed E-state index contributed by atoms with van der Waals surface area (Å²) in [6.07, 6.45) is -38.5. The number of hydrogen-bond acceptors (Lipinski definition) is 3. The maximum Gasteiger partial charge on any atom is 0.462 e. The topological polar surface area (TPSA) is 47.6 Å². The van der Waals surface area contributed by atoms with E-state index in [2.05, 4.69) is 0 Å². The van der Waals surface area contributed by atoms with Gasteiger partial charge in [-0.1, -0.05) is 17.7 Å². The fraction of sp³-hybridized carbons (Fsp3) is 0.562. The molecule has 1 N–H and O–H groups in total. The Morgan fingerprint density at radius 2 is 1.05 bits per heavy atom. The van der Waals surface area contributed by atoms with Crippen molar-refractivity contribution in [3.05, 3.63) is 29.8 Å². The van der Waals surface area contributed by atoms with Gasteiger partial charge in [-0.05, 0) is 19.1 Å². The lowest BCUT2D eigenvalue weighted by atomic mass is 10.2. The van der Waals surface area contributed by atoms with E-state index >= 15 is 0 Å². The van der Waals surface area contributed by atoms with Gasteiger partial charge in [0.15, 0.2) is 0 Å². The van der Waals surface area contributed by atoms with Crippen LogP contribution >= 0.6 is 0 Å². The fourth-order valence-electron chi connectivity index (χ4n) is 2.01. The molecule has 0 aliphatic heterocycles. The van der Waals surface area contributed by atoms with Crippen molar-refractivity contribution in [2.24, 2.45) is 0 Å². The van der Waals surface area contributed by atoms with Gasteiger partial charge in [-0.15, -0.1) is 0 Å². The summed E-state index contributed by atoms with van der Waals surface area (Å²) in [5.41, 5.74) is -0.562. The van der Waals surface area contributed by atoms with Crippen LogP contribution in [0.5, 0.6) is 0 Å². The highest BCUT2D eigenvalue weighted by Gasteiger charge is 2.85. The van der Waals surface area contributed by atoms with Gasteiger partial charge in [-0.2, -0.15) is 74.6 Å². The summed E-state index contributed by atoms with van der Waals surface area (Å²) in [4.78, 5) is 11.7. The van der Waals surface area contributed by atoms with Crippen molar-refractivity contribution >= 4 is 11.6 Å². The number of anilines is 1. The van der Waals surface area contributed by atoms with Crippen LogP contribution in [-0.2, 0) is 14.3 Å². The molecule has 0 bridgehead atoms. The van der Waals surface area contributed by atoms with Gasteiger partial charge < -0.3 is 5.32 Å². The monoisotopic (exact) mass is 585 g/mol. The van der Waals surface area contributed by atoms with Gasteiger partial charge in [-0.3, -0.25) is 14.3 Å². The van der Waals surface area contributed by atoms with Crippen molar-refractivity contribution in [1.29, 1.82) is 0 Å². The summed E-state index contributed by atoms with van der Waals surface area (Å²) >= 11 is 0. The molecule has 0 radical (unpaired) electrons. The molecule has 0 spiro atoms. The number of ether oxygens (including phenoxy) is 2. The van der Waals surface area contributed by atoms with Gasteiger partial charge in [0.05, 0.1) is 0 Å². The van der Waals surface area contributed by atoms with E-state index in [-0.39, 0.29) is 0 Å². The molecule has 1 aromatic carbocycles. The summed E-state index contributed by atoms with van der Waals surface area (Å²) in [6.45, 7) is 1.35. The Morgan fingerprint density at radius 1 is 0.622 bits per heavy atom. The summed E-state index contributed by atoms with van der Waals surface area (Å²) in [7, 11) is 0. The summed E-state index contributed by atoms with van der Waals surface area (Å²) in [6, 6.07) is 3.32. The molecule has 2 atom stereocenters. The minimum atomic E-state index is -8.05. The number of carbonyl (C=O) groups excluding carboxylic acids is 1. The van der Waals surface area contributed by atoms with Crippen molar-refractivity contribution in [2.45, 2.75) is 55.3 Å². The number of carbonyl (C=O) groups is 1. The first kappa shape index (κ1) is 32.4. The smallest absolute Gasteiger partial charge is 0.321 e. The van der Waals surface area contributed by atoms with Crippen LogP contribution in [-0.4, -0.2) is 54.3 Å². The summed E-state index contributed by atoms with van der Waals surface area (Å²) in [5.74, 6) is -26.2. The second-order valence-electron chi connectivity index (χ2n) is 6.82.